The van der Waals surface area contributed by atoms with Gasteiger partial charge in [-0.25, -0.2) is 0 Å². The second kappa shape index (κ2) is 14.1. The predicted molar refractivity (Wildman–Crippen MR) is 123 cm³/mol. The molecule has 0 spiro atoms. The average Bonchev–Trinajstić information content (AvgIpc) is 3.47. The highest BCUT2D eigenvalue weighted by molar-refractivity contribution is 7.46. The maximum absolute atomic E-state index is 12.5. The maximum Gasteiger partial charge on any atom is 0.268 e. The fraction of sp³-hybridized carbons (Fsp3) is 1.00. The molecular weight excluding hydrogens is 536 g/mol. The van der Waals surface area contributed by atoms with Gasteiger partial charge in [0.05, 0.1) is 44.2 Å². The summed E-state index contributed by atoms with van der Waals surface area (Å²) in [4.78, 5) is 25.0. The summed E-state index contributed by atoms with van der Waals surface area (Å²) in [5.74, 6) is 0. The van der Waals surface area contributed by atoms with Crippen molar-refractivity contribution >= 4 is 31.3 Å². The minimum absolute atomic E-state index is 0.0426. The first-order valence-electron chi connectivity index (χ1n) is 11.8. The van der Waals surface area contributed by atoms with Crippen molar-refractivity contribution in [2.24, 2.45) is 0 Å². The van der Waals surface area contributed by atoms with Crippen molar-refractivity contribution in [1.29, 1.82) is 0 Å². The predicted octanol–water partition coefficient (Wildman–Crippen LogP) is -1.50. The van der Waals surface area contributed by atoms with Crippen LogP contribution < -0.4 is 9.79 Å². The molecule has 3 aliphatic rings. The van der Waals surface area contributed by atoms with Crippen LogP contribution in [0.25, 0.3) is 0 Å². The molecular formula is C19H32B2O14P2-2. The Hall–Kier alpha value is 0.110. The van der Waals surface area contributed by atoms with E-state index in [1.54, 1.807) is 0 Å². The monoisotopic (exact) mass is 568 g/mol. The molecule has 210 valence electrons. The third kappa shape index (κ3) is 9.61. The molecule has 4 radical (unpaired) electrons. The normalized spacial score (nSPS) is 39.5. The van der Waals surface area contributed by atoms with E-state index >= 15 is 0 Å². The van der Waals surface area contributed by atoms with Crippen LogP contribution in [0.15, 0.2) is 0 Å². The lowest BCUT2D eigenvalue weighted by molar-refractivity contribution is -0.237. The van der Waals surface area contributed by atoms with Crippen LogP contribution in [0.1, 0.15) is 25.7 Å². The van der Waals surface area contributed by atoms with Crippen molar-refractivity contribution in [3.63, 3.8) is 0 Å². The molecule has 18 heteroatoms. The highest BCUT2D eigenvalue weighted by atomic mass is 31.2. The maximum atomic E-state index is 12.5. The molecule has 0 aromatic heterocycles. The zero-order valence-corrected chi connectivity index (χ0v) is 22.4. The molecule has 1 N–H and O–H groups in total. The molecule has 3 rings (SSSR count). The van der Waals surface area contributed by atoms with Gasteiger partial charge in [0.25, 0.3) is 15.6 Å². The van der Waals surface area contributed by atoms with Gasteiger partial charge in [0.1, 0.15) is 34.0 Å². The Bertz CT molecular complexity index is 811. The molecule has 0 aromatic carbocycles. The third-order valence-corrected chi connectivity index (χ3v) is 8.13. The van der Waals surface area contributed by atoms with Gasteiger partial charge in [0, 0.05) is 39.3 Å². The van der Waals surface area contributed by atoms with E-state index in [0.29, 0.717) is 6.42 Å². The minimum atomic E-state index is -4.89. The first kappa shape index (κ1) is 31.6. The fourth-order valence-corrected chi connectivity index (χ4v) is 6.31. The topological polar surface area (TPSA) is 184 Å². The van der Waals surface area contributed by atoms with E-state index in [-0.39, 0.29) is 39.1 Å². The second-order valence-electron chi connectivity index (χ2n) is 8.95. The molecule has 0 bridgehead atoms. The molecule has 3 heterocycles. The van der Waals surface area contributed by atoms with Crippen molar-refractivity contribution in [1.82, 2.24) is 0 Å². The third-order valence-electron chi connectivity index (χ3n) is 6.14. The van der Waals surface area contributed by atoms with Crippen LogP contribution in [0.5, 0.6) is 0 Å². The average molecular weight is 568 g/mol. The SMILES string of the molecule is [B]C1CC(OC)C(COP(=O)([O-])OC2CC(CCO)OC2COP(=O)([O-])OC2CC([B])OC2COC)O1. The summed E-state index contributed by atoms with van der Waals surface area (Å²) in [5, 5.41) is 9.24. The van der Waals surface area contributed by atoms with Gasteiger partial charge in [-0.15, -0.1) is 0 Å². The van der Waals surface area contributed by atoms with Gasteiger partial charge < -0.3 is 56.7 Å². The molecule has 3 fully saturated rings. The lowest BCUT2D eigenvalue weighted by Crippen LogP contribution is -2.33. The number of phosphoric acid groups is 2. The zero-order valence-electron chi connectivity index (χ0n) is 20.7. The fourth-order valence-electron chi connectivity index (χ4n) is 4.42. The van der Waals surface area contributed by atoms with Crippen LogP contribution >= 0.6 is 15.6 Å². The summed E-state index contributed by atoms with van der Waals surface area (Å²) in [7, 11) is 4.50. The standard InChI is InChI=1S/C19H34B2O14P2/c1-27-8-15-14(7-19(21)32-15)35-37(25,26)30-10-17-13(5-11(31-17)3-4-22)34-36(23,24)29-9-16-12(28-2)6-18(20)33-16/h11-19,22H,3-10H2,1-2H3,(H,23,24)(H,25,26)/p-2. The van der Waals surface area contributed by atoms with Crippen LogP contribution in [-0.4, -0.2) is 116 Å². The van der Waals surface area contributed by atoms with Crippen molar-refractivity contribution in [2.45, 2.75) is 80.4 Å². The van der Waals surface area contributed by atoms with Crippen LogP contribution in [0.2, 0.25) is 0 Å². The Morgan fingerprint density at radius 2 is 1.30 bits per heavy atom. The smallest absolute Gasteiger partial charge is 0.268 e. The first-order valence-corrected chi connectivity index (χ1v) is 14.8. The van der Waals surface area contributed by atoms with E-state index in [4.69, 9.17) is 57.5 Å². The largest absolute Gasteiger partial charge is 0.756 e. The number of hydrogen-bond acceptors (Lipinski definition) is 14. The molecule has 0 saturated carbocycles. The van der Waals surface area contributed by atoms with E-state index in [1.165, 1.54) is 14.2 Å². The summed E-state index contributed by atoms with van der Waals surface area (Å²) in [6.45, 7) is -1.17. The number of hydrogen-bond donors (Lipinski definition) is 1. The lowest BCUT2D eigenvalue weighted by atomic mass is 9.96. The highest BCUT2D eigenvalue weighted by Gasteiger charge is 2.41. The summed E-state index contributed by atoms with van der Waals surface area (Å²) in [5.41, 5.74) is 0. The van der Waals surface area contributed by atoms with Crippen LogP contribution in [-0.2, 0) is 50.9 Å². The summed E-state index contributed by atoms with van der Waals surface area (Å²) < 4.78 is 71.9. The van der Waals surface area contributed by atoms with Gasteiger partial charge in [-0.3, -0.25) is 9.13 Å². The Balaban J connectivity index is 1.56. The van der Waals surface area contributed by atoms with E-state index in [1.807, 2.05) is 0 Å². The molecule has 0 amide bonds. The van der Waals surface area contributed by atoms with E-state index in [0.717, 1.165) is 0 Å². The molecule has 11 unspecified atom stereocenters. The Kier molecular flexibility index (Phi) is 12.1. The number of rotatable bonds is 15. The van der Waals surface area contributed by atoms with Crippen LogP contribution in [0.3, 0.4) is 0 Å². The van der Waals surface area contributed by atoms with Gasteiger partial charge in [-0.1, -0.05) is 0 Å². The van der Waals surface area contributed by atoms with Crippen molar-refractivity contribution in [2.75, 3.05) is 40.6 Å². The van der Waals surface area contributed by atoms with Crippen molar-refractivity contribution < 1.29 is 65.8 Å². The van der Waals surface area contributed by atoms with Crippen LogP contribution in [0.4, 0.5) is 0 Å². The van der Waals surface area contributed by atoms with Crippen molar-refractivity contribution in [3.05, 3.63) is 0 Å². The summed E-state index contributed by atoms with van der Waals surface area (Å²) in [6.07, 6.45) is -4.97. The van der Waals surface area contributed by atoms with Crippen LogP contribution in [0, 0.1) is 0 Å². The van der Waals surface area contributed by atoms with Gasteiger partial charge in [-0.2, -0.15) is 0 Å². The minimum Gasteiger partial charge on any atom is -0.756 e. The Labute approximate surface area is 218 Å². The molecule has 0 aromatic rings. The molecule has 14 nitrogen and oxygen atoms in total. The Morgan fingerprint density at radius 3 is 1.81 bits per heavy atom. The van der Waals surface area contributed by atoms with E-state index < -0.39 is 77.0 Å². The molecule has 3 saturated heterocycles. The van der Waals surface area contributed by atoms with Gasteiger partial charge in [-0.05, 0) is 19.3 Å². The lowest BCUT2D eigenvalue weighted by Gasteiger charge is -2.32. The number of ether oxygens (including phenoxy) is 5. The molecule has 3 aliphatic heterocycles. The number of aliphatic hydroxyl groups excluding tert-OH is 1. The van der Waals surface area contributed by atoms with E-state index in [9.17, 15) is 24.0 Å². The zero-order chi connectivity index (χ0) is 27.2. The number of phosphoric ester groups is 2. The van der Waals surface area contributed by atoms with E-state index in [2.05, 4.69) is 0 Å². The summed E-state index contributed by atoms with van der Waals surface area (Å²) >= 11 is 0. The molecule has 37 heavy (non-hydrogen) atoms. The number of methoxy groups -OCH3 is 2. The molecule has 0 aliphatic carbocycles. The quantitative estimate of drug-likeness (QED) is 0.178. The Morgan fingerprint density at radius 1 is 0.811 bits per heavy atom. The van der Waals surface area contributed by atoms with Gasteiger partial charge in [0.15, 0.2) is 0 Å². The first-order chi connectivity index (χ1) is 17.4. The van der Waals surface area contributed by atoms with Gasteiger partial charge in [0.2, 0.25) is 0 Å². The molecule has 11 atom stereocenters. The number of aliphatic hydroxyl groups is 1. The van der Waals surface area contributed by atoms with Gasteiger partial charge >= 0.3 is 0 Å². The second-order valence-corrected chi connectivity index (χ2v) is 11.7. The summed E-state index contributed by atoms with van der Waals surface area (Å²) in [6, 6.07) is -1.34. The van der Waals surface area contributed by atoms with Crippen molar-refractivity contribution in [3.8, 4) is 0 Å². The highest BCUT2D eigenvalue weighted by Crippen LogP contribution is 2.47.